The van der Waals surface area contributed by atoms with Crippen molar-refractivity contribution in [2.24, 2.45) is 0 Å². The number of anilines is 1. The van der Waals surface area contributed by atoms with Gasteiger partial charge < -0.3 is 14.8 Å². The maximum atomic E-state index is 12.5. The normalized spacial score (nSPS) is 15.3. The minimum absolute atomic E-state index is 0.0925. The van der Waals surface area contributed by atoms with Crippen molar-refractivity contribution in [3.63, 3.8) is 0 Å². The molecule has 1 aliphatic rings. The number of hydrogen-bond acceptors (Lipinski definition) is 5. The highest BCUT2D eigenvalue weighted by atomic mass is 32.2. The van der Waals surface area contributed by atoms with Crippen LogP contribution in [0.4, 0.5) is 5.69 Å². The quantitative estimate of drug-likeness (QED) is 0.817. The fourth-order valence-electron chi connectivity index (χ4n) is 2.78. The number of rotatable bonds is 6. The number of benzene rings is 2. The monoisotopic (exact) mass is 390 g/mol. The van der Waals surface area contributed by atoms with Gasteiger partial charge in [0.25, 0.3) is 5.91 Å². The Morgan fingerprint density at radius 1 is 1.15 bits per heavy atom. The van der Waals surface area contributed by atoms with Gasteiger partial charge in [0.1, 0.15) is 5.75 Å². The van der Waals surface area contributed by atoms with E-state index in [1.54, 1.807) is 55.6 Å². The number of amides is 1. The van der Waals surface area contributed by atoms with Gasteiger partial charge in [-0.25, -0.2) is 8.42 Å². The van der Waals surface area contributed by atoms with Crippen LogP contribution in [0.15, 0.2) is 48.5 Å². The summed E-state index contributed by atoms with van der Waals surface area (Å²) in [6, 6.07) is 13.6. The zero-order valence-electron chi connectivity index (χ0n) is 15.1. The molecule has 0 aliphatic carbocycles. The molecule has 1 saturated heterocycles. The van der Waals surface area contributed by atoms with Crippen molar-refractivity contribution in [1.82, 2.24) is 4.31 Å². The number of carbonyl (C=O) groups is 1. The molecule has 1 N–H and O–H groups in total. The van der Waals surface area contributed by atoms with E-state index in [0.29, 0.717) is 48.9 Å². The lowest BCUT2D eigenvalue weighted by Crippen LogP contribution is -2.41. The number of nitrogens with zero attached hydrogens (tertiary/aromatic N) is 1. The zero-order valence-corrected chi connectivity index (χ0v) is 15.9. The highest BCUT2D eigenvalue weighted by Gasteiger charge is 2.24. The molecule has 27 heavy (non-hydrogen) atoms. The van der Waals surface area contributed by atoms with Crippen molar-refractivity contribution in [3.05, 3.63) is 59.7 Å². The highest BCUT2D eigenvalue weighted by molar-refractivity contribution is 7.88. The molecule has 1 fully saturated rings. The van der Waals surface area contributed by atoms with E-state index < -0.39 is 10.0 Å². The number of nitrogens with one attached hydrogen (secondary N) is 1. The summed E-state index contributed by atoms with van der Waals surface area (Å²) < 4.78 is 36.7. The average molecular weight is 390 g/mol. The molecule has 0 aromatic heterocycles. The molecule has 0 atom stereocenters. The SMILES string of the molecule is COc1cccc(NC(=O)c2ccc(CS(=O)(=O)N3CCOCC3)cc2)c1. The number of hydrogen-bond donors (Lipinski definition) is 1. The van der Waals surface area contributed by atoms with E-state index in [-0.39, 0.29) is 11.7 Å². The number of methoxy groups -OCH3 is 1. The molecule has 2 aromatic carbocycles. The van der Waals surface area contributed by atoms with E-state index >= 15 is 0 Å². The first kappa shape index (κ1) is 19.3. The summed E-state index contributed by atoms with van der Waals surface area (Å²) in [5, 5.41) is 2.79. The molecule has 0 spiro atoms. The summed E-state index contributed by atoms with van der Waals surface area (Å²) in [5.41, 5.74) is 1.71. The molecular formula is C19H22N2O5S. The third-order valence-corrected chi connectivity index (χ3v) is 6.11. The average Bonchev–Trinajstić information content (AvgIpc) is 2.69. The van der Waals surface area contributed by atoms with Gasteiger partial charge in [0, 0.05) is 30.4 Å². The maximum absolute atomic E-state index is 12.5. The first-order valence-corrected chi connectivity index (χ1v) is 10.2. The summed E-state index contributed by atoms with van der Waals surface area (Å²) in [6.07, 6.45) is 0. The van der Waals surface area contributed by atoms with Crippen molar-refractivity contribution >= 4 is 21.6 Å². The van der Waals surface area contributed by atoms with E-state index in [0.717, 1.165) is 0 Å². The standard InChI is InChI=1S/C19H22N2O5S/c1-25-18-4-2-3-17(13-18)20-19(22)16-7-5-15(6-8-16)14-27(23,24)21-9-11-26-12-10-21/h2-8,13H,9-12,14H2,1H3,(H,20,22). The Morgan fingerprint density at radius 3 is 2.52 bits per heavy atom. The molecular weight excluding hydrogens is 368 g/mol. The van der Waals surface area contributed by atoms with Gasteiger partial charge in [0.2, 0.25) is 10.0 Å². The van der Waals surface area contributed by atoms with E-state index in [1.807, 2.05) is 0 Å². The minimum atomic E-state index is -3.39. The molecule has 0 saturated carbocycles. The summed E-state index contributed by atoms with van der Waals surface area (Å²) in [4.78, 5) is 12.4. The number of ether oxygens (including phenoxy) is 2. The molecule has 0 unspecified atom stereocenters. The topological polar surface area (TPSA) is 84.9 Å². The second-order valence-electron chi connectivity index (χ2n) is 6.15. The van der Waals surface area contributed by atoms with Crippen LogP contribution in [-0.4, -0.2) is 52.0 Å². The van der Waals surface area contributed by atoms with Gasteiger partial charge in [0.05, 0.1) is 26.1 Å². The van der Waals surface area contributed by atoms with Crippen LogP contribution < -0.4 is 10.1 Å². The Bertz CT molecular complexity index is 891. The van der Waals surface area contributed by atoms with Gasteiger partial charge in [-0.2, -0.15) is 4.31 Å². The first-order chi connectivity index (χ1) is 13.0. The number of morpholine rings is 1. The Kier molecular flexibility index (Phi) is 6.10. The number of sulfonamides is 1. The minimum Gasteiger partial charge on any atom is -0.497 e. The second-order valence-corrected chi connectivity index (χ2v) is 8.12. The van der Waals surface area contributed by atoms with E-state index in [4.69, 9.17) is 9.47 Å². The van der Waals surface area contributed by atoms with Gasteiger partial charge in [-0.05, 0) is 29.8 Å². The summed E-state index contributed by atoms with van der Waals surface area (Å²) in [7, 11) is -1.83. The lowest BCUT2D eigenvalue weighted by molar-refractivity contribution is 0.0729. The van der Waals surface area contributed by atoms with Gasteiger partial charge in [-0.1, -0.05) is 18.2 Å². The predicted octanol–water partition coefficient (Wildman–Crippen LogP) is 2.11. The molecule has 0 radical (unpaired) electrons. The van der Waals surface area contributed by atoms with Crippen LogP contribution in [0.25, 0.3) is 0 Å². The van der Waals surface area contributed by atoms with Crippen LogP contribution in [0.2, 0.25) is 0 Å². The van der Waals surface area contributed by atoms with Crippen LogP contribution in [0.1, 0.15) is 15.9 Å². The molecule has 1 amide bonds. The van der Waals surface area contributed by atoms with E-state index in [2.05, 4.69) is 5.32 Å². The molecule has 7 nitrogen and oxygen atoms in total. The molecule has 144 valence electrons. The predicted molar refractivity (Wildman–Crippen MR) is 102 cm³/mol. The third kappa shape index (κ3) is 5.06. The van der Waals surface area contributed by atoms with Crippen molar-refractivity contribution < 1.29 is 22.7 Å². The molecule has 3 rings (SSSR count). The van der Waals surface area contributed by atoms with Crippen LogP contribution >= 0.6 is 0 Å². The van der Waals surface area contributed by atoms with Crippen LogP contribution in [-0.2, 0) is 20.5 Å². The van der Waals surface area contributed by atoms with Crippen molar-refractivity contribution in [3.8, 4) is 5.75 Å². The van der Waals surface area contributed by atoms with E-state index in [1.165, 1.54) is 4.31 Å². The van der Waals surface area contributed by atoms with Crippen molar-refractivity contribution in [2.75, 3.05) is 38.7 Å². The Hall–Kier alpha value is -2.42. The smallest absolute Gasteiger partial charge is 0.255 e. The molecule has 1 heterocycles. The molecule has 1 aliphatic heterocycles. The maximum Gasteiger partial charge on any atom is 0.255 e. The Morgan fingerprint density at radius 2 is 1.85 bits per heavy atom. The van der Waals surface area contributed by atoms with Gasteiger partial charge in [-0.15, -0.1) is 0 Å². The summed E-state index contributed by atoms with van der Waals surface area (Å²) in [5.74, 6) is 0.285. The highest BCUT2D eigenvalue weighted by Crippen LogP contribution is 2.18. The van der Waals surface area contributed by atoms with Gasteiger partial charge >= 0.3 is 0 Å². The Balaban J connectivity index is 1.64. The van der Waals surface area contributed by atoms with Crippen LogP contribution in [0.5, 0.6) is 5.75 Å². The first-order valence-electron chi connectivity index (χ1n) is 8.58. The fourth-order valence-corrected chi connectivity index (χ4v) is 4.28. The second kappa shape index (κ2) is 8.51. The Labute approximate surface area is 158 Å². The zero-order chi connectivity index (χ0) is 19.3. The summed E-state index contributed by atoms with van der Waals surface area (Å²) >= 11 is 0. The summed E-state index contributed by atoms with van der Waals surface area (Å²) in [6.45, 7) is 1.60. The van der Waals surface area contributed by atoms with Gasteiger partial charge in [-0.3, -0.25) is 4.79 Å². The van der Waals surface area contributed by atoms with Crippen molar-refractivity contribution in [2.45, 2.75) is 5.75 Å². The van der Waals surface area contributed by atoms with Crippen LogP contribution in [0, 0.1) is 0 Å². The molecule has 8 heteroatoms. The van der Waals surface area contributed by atoms with Gasteiger partial charge in [0.15, 0.2) is 0 Å². The lowest BCUT2D eigenvalue weighted by Gasteiger charge is -2.26. The van der Waals surface area contributed by atoms with E-state index in [9.17, 15) is 13.2 Å². The fraction of sp³-hybridized carbons (Fsp3) is 0.316. The van der Waals surface area contributed by atoms with Crippen molar-refractivity contribution in [1.29, 1.82) is 0 Å². The third-order valence-electron chi connectivity index (χ3n) is 4.26. The lowest BCUT2D eigenvalue weighted by atomic mass is 10.1. The molecule has 2 aromatic rings. The van der Waals surface area contributed by atoms with Crippen LogP contribution in [0.3, 0.4) is 0 Å². The largest absolute Gasteiger partial charge is 0.497 e. The number of carbonyl (C=O) groups excluding carboxylic acids is 1. The molecule has 0 bridgehead atoms.